The zero-order chi connectivity index (χ0) is 59.4. The predicted octanol–water partition coefficient (Wildman–Crippen LogP) is 19.1. The van der Waals surface area contributed by atoms with E-state index in [0.717, 1.165) is 48.5 Å². The number of anilines is 2. The molecule has 0 spiro atoms. The van der Waals surface area contributed by atoms with E-state index in [0.29, 0.717) is 18.7 Å². The molecule has 0 radical (unpaired) electrons. The van der Waals surface area contributed by atoms with Crippen molar-refractivity contribution in [3.8, 4) is 0 Å². The number of unbranched alkanes of at least 4 members (excludes halogenated alkanes) is 18. The second-order valence-corrected chi connectivity index (χ2v) is 24.4. The Morgan fingerprint density at radius 1 is 0.458 bits per heavy atom. The van der Waals surface area contributed by atoms with Crippen LogP contribution in [0.25, 0.3) is 0 Å². The minimum Gasteiger partial charge on any atom is -0.352 e. The SMILES string of the molecule is CCCCCCCCCCCCNC(=O)c1ccc(Cl)c(N=C2NN(c3c(Cl)cc(Cl)cc3Cl)C(=O)C2C(c2ccccc2)C2C(=O)N(c3c(Cl)cc(Cl)cc3Cl)NC2=Nc2cc(C(=O)NCCCCCCCCCCCC)ccc2Cl)c1. The first-order chi connectivity index (χ1) is 40.1. The van der Waals surface area contributed by atoms with E-state index in [-0.39, 0.29) is 97.5 Å². The van der Waals surface area contributed by atoms with Gasteiger partial charge in [0.2, 0.25) is 0 Å². The molecule has 0 bridgehead atoms. The average molecular weight is 1290 g/mol. The molecule has 2 aliphatic heterocycles. The van der Waals surface area contributed by atoms with E-state index in [1.165, 1.54) is 114 Å². The monoisotopic (exact) mass is 1280 g/mol. The molecular weight excluding hydrogens is 1220 g/mol. The van der Waals surface area contributed by atoms with Crippen molar-refractivity contribution in [1.29, 1.82) is 0 Å². The van der Waals surface area contributed by atoms with Crippen LogP contribution in [0, 0.1) is 11.8 Å². The lowest BCUT2D eigenvalue weighted by atomic mass is 9.75. The highest BCUT2D eigenvalue weighted by molar-refractivity contribution is 6.44. The Morgan fingerprint density at radius 2 is 0.795 bits per heavy atom. The van der Waals surface area contributed by atoms with Gasteiger partial charge in [-0.2, -0.15) is 0 Å². The van der Waals surface area contributed by atoms with Crippen LogP contribution < -0.4 is 31.5 Å². The van der Waals surface area contributed by atoms with Gasteiger partial charge in [-0.25, -0.2) is 20.0 Å². The molecule has 0 aliphatic carbocycles. The highest BCUT2D eigenvalue weighted by Crippen LogP contribution is 2.47. The number of carbonyl (C=O) groups is 4. The number of nitrogens with zero attached hydrogens (tertiary/aromatic N) is 4. The van der Waals surface area contributed by atoms with E-state index in [1.807, 2.05) is 0 Å². The second kappa shape index (κ2) is 33.2. The van der Waals surface area contributed by atoms with Crippen LogP contribution in [0.15, 0.2) is 101 Å². The molecule has 7 rings (SSSR count). The summed E-state index contributed by atoms with van der Waals surface area (Å²) in [6, 6.07) is 24.1. The van der Waals surface area contributed by atoms with Gasteiger partial charge >= 0.3 is 0 Å². The Balaban J connectivity index is 1.25. The summed E-state index contributed by atoms with van der Waals surface area (Å²) in [4.78, 5) is 68.9. The van der Waals surface area contributed by atoms with E-state index in [9.17, 15) is 9.59 Å². The van der Waals surface area contributed by atoms with Gasteiger partial charge in [-0.1, -0.05) is 253 Å². The number of aliphatic imine (C=N–C) groups is 2. The van der Waals surface area contributed by atoms with Crippen molar-refractivity contribution >= 4 is 151 Å². The topological polar surface area (TPSA) is 148 Å². The molecule has 83 heavy (non-hydrogen) atoms. The number of hydrogen-bond donors (Lipinski definition) is 4. The normalized spacial score (nSPS) is 16.5. The number of amidine groups is 2. The Kier molecular flexibility index (Phi) is 26.3. The standard InChI is InChI=1S/C63H72Cl8N8O4/c1-3-5-7-9-11-13-15-17-19-24-32-72-60(80)41-28-30-45(66)51(34-41)74-58-54(62(82)78(76-58)56-47(68)36-43(64)37-48(56)69)53(40-26-22-21-23-27-40)55-59(77-79(63(55)83)57-49(70)38-44(65)39-50(57)71)75-52-35-42(29-31-46(52)67)61(81)73-33-25-20-18-16-14-12-10-8-6-4-2/h21-23,26-31,34-39,53-55H,3-20,24-25,32-33H2,1-2H3,(H,72,80)(H,73,81)(H,74,76)(H,75,77). The fraction of sp³-hybridized carbons (Fsp3) is 0.429. The number of nitrogens with one attached hydrogen (secondary N) is 4. The smallest absolute Gasteiger partial charge is 0.257 e. The Morgan fingerprint density at radius 3 is 1.14 bits per heavy atom. The maximum Gasteiger partial charge on any atom is 0.257 e. The summed E-state index contributed by atoms with van der Waals surface area (Å²) in [5, 5.41) is 9.24. The molecule has 2 atom stereocenters. The lowest BCUT2D eigenvalue weighted by Crippen LogP contribution is -2.38. The van der Waals surface area contributed by atoms with Gasteiger partial charge in [0.15, 0.2) is 0 Å². The van der Waals surface area contributed by atoms with Gasteiger partial charge in [-0.3, -0.25) is 30.0 Å². The van der Waals surface area contributed by atoms with Crippen molar-refractivity contribution in [1.82, 2.24) is 21.5 Å². The maximum atomic E-state index is 15.7. The first kappa shape index (κ1) is 65.8. The van der Waals surface area contributed by atoms with Gasteiger partial charge in [0.05, 0.1) is 41.5 Å². The number of benzene rings is 5. The number of amides is 4. The summed E-state index contributed by atoms with van der Waals surface area (Å²) in [6.07, 6.45) is 23.3. The lowest BCUT2D eigenvalue weighted by Gasteiger charge is -2.27. The molecule has 2 saturated heterocycles. The van der Waals surface area contributed by atoms with Gasteiger partial charge in [0.1, 0.15) is 34.9 Å². The summed E-state index contributed by atoms with van der Waals surface area (Å²) in [5.74, 6) is -5.89. The van der Waals surface area contributed by atoms with Gasteiger partial charge < -0.3 is 10.6 Å². The summed E-state index contributed by atoms with van der Waals surface area (Å²) in [7, 11) is 0. The molecule has 2 unspecified atom stereocenters. The van der Waals surface area contributed by atoms with Crippen LogP contribution in [0.5, 0.6) is 0 Å². The predicted molar refractivity (Wildman–Crippen MR) is 346 cm³/mol. The third-order valence-corrected chi connectivity index (χ3v) is 17.1. The van der Waals surface area contributed by atoms with E-state index in [2.05, 4.69) is 35.3 Å². The largest absolute Gasteiger partial charge is 0.352 e. The van der Waals surface area contributed by atoms with Crippen LogP contribution in [0.1, 0.15) is 174 Å². The van der Waals surface area contributed by atoms with Crippen molar-refractivity contribution in [2.45, 2.75) is 148 Å². The quantitative estimate of drug-likeness (QED) is 0.0325. The molecule has 444 valence electrons. The van der Waals surface area contributed by atoms with E-state index in [1.54, 1.807) is 66.7 Å². The number of halogens is 8. The van der Waals surface area contributed by atoms with Crippen LogP contribution in [-0.2, 0) is 9.59 Å². The molecule has 4 N–H and O–H groups in total. The molecule has 2 aliphatic rings. The fourth-order valence-corrected chi connectivity index (χ4v) is 12.8. The molecule has 4 amide bonds. The van der Waals surface area contributed by atoms with Crippen molar-refractivity contribution in [3.63, 3.8) is 0 Å². The Hall–Kier alpha value is -4.76. The van der Waals surface area contributed by atoms with Crippen LogP contribution >= 0.6 is 92.8 Å². The number of hydrazine groups is 2. The molecule has 2 fully saturated rings. The average Bonchev–Trinajstić information content (AvgIpc) is 2.23. The third-order valence-electron chi connectivity index (χ3n) is 14.9. The number of hydrogen-bond acceptors (Lipinski definition) is 6. The van der Waals surface area contributed by atoms with Crippen molar-refractivity contribution in [3.05, 3.63) is 148 Å². The van der Waals surface area contributed by atoms with Crippen LogP contribution in [0.2, 0.25) is 40.2 Å². The summed E-state index contributed by atoms with van der Waals surface area (Å²) in [6.45, 7) is 5.41. The minimum atomic E-state index is -1.39. The van der Waals surface area contributed by atoms with Gasteiger partial charge in [0, 0.05) is 40.2 Å². The summed E-state index contributed by atoms with van der Waals surface area (Å²) < 4.78 is 0. The summed E-state index contributed by atoms with van der Waals surface area (Å²) in [5.41, 5.74) is 7.76. The molecular formula is C63H72Cl8N8O4. The van der Waals surface area contributed by atoms with E-state index < -0.39 is 29.6 Å². The van der Waals surface area contributed by atoms with Gasteiger partial charge in [-0.05, 0) is 79.1 Å². The van der Waals surface area contributed by atoms with E-state index >= 15 is 9.59 Å². The number of rotatable bonds is 31. The summed E-state index contributed by atoms with van der Waals surface area (Å²) >= 11 is 54.1. The van der Waals surface area contributed by atoms with Gasteiger partial charge in [0.25, 0.3) is 23.6 Å². The van der Waals surface area contributed by atoms with Crippen molar-refractivity contribution in [2.24, 2.45) is 21.8 Å². The molecule has 5 aromatic carbocycles. The van der Waals surface area contributed by atoms with Crippen molar-refractivity contribution < 1.29 is 19.2 Å². The molecule has 5 aromatic rings. The highest BCUT2D eigenvalue weighted by atomic mass is 35.5. The Labute approximate surface area is 528 Å². The van der Waals surface area contributed by atoms with Gasteiger partial charge in [-0.15, -0.1) is 0 Å². The van der Waals surface area contributed by atoms with E-state index in [4.69, 9.17) is 103 Å². The molecule has 12 nitrogen and oxygen atoms in total. The molecule has 20 heteroatoms. The van der Waals surface area contributed by atoms with Crippen molar-refractivity contribution in [2.75, 3.05) is 23.1 Å². The third kappa shape index (κ3) is 18.1. The fourth-order valence-electron chi connectivity index (χ4n) is 10.5. The molecule has 0 saturated carbocycles. The first-order valence-electron chi connectivity index (χ1n) is 29.0. The zero-order valence-corrected chi connectivity index (χ0v) is 52.9. The minimum absolute atomic E-state index is 0.00280. The zero-order valence-electron chi connectivity index (χ0n) is 46.9. The van der Waals surface area contributed by atoms with Crippen LogP contribution in [0.3, 0.4) is 0 Å². The first-order valence-corrected chi connectivity index (χ1v) is 32.0. The maximum absolute atomic E-state index is 15.7. The molecule has 0 aromatic heterocycles. The Bertz CT molecular complexity index is 2880. The van der Waals surface area contributed by atoms with Crippen LogP contribution in [0.4, 0.5) is 22.7 Å². The van der Waals surface area contributed by atoms with Crippen LogP contribution in [-0.4, -0.2) is 48.4 Å². The lowest BCUT2D eigenvalue weighted by molar-refractivity contribution is -0.122. The second-order valence-electron chi connectivity index (χ2n) is 21.1. The molecule has 2 heterocycles. The highest BCUT2D eigenvalue weighted by Gasteiger charge is 2.54. The number of carbonyl (C=O) groups excluding carboxylic acids is 4.